The summed E-state index contributed by atoms with van der Waals surface area (Å²) in [5.41, 5.74) is 2.15. The highest BCUT2D eigenvalue weighted by Gasteiger charge is 2.17. The Balaban J connectivity index is 1.86. The number of halogens is 2. The third kappa shape index (κ3) is 5.00. The second-order valence-electron chi connectivity index (χ2n) is 6.20. The van der Waals surface area contributed by atoms with E-state index in [2.05, 4.69) is 20.6 Å². The minimum absolute atomic E-state index is 0.175. The van der Waals surface area contributed by atoms with Crippen molar-refractivity contribution in [3.8, 4) is 16.9 Å². The van der Waals surface area contributed by atoms with Crippen LogP contribution in [0.5, 0.6) is 5.75 Å². The molecule has 3 rings (SSSR count). The third-order valence-electron chi connectivity index (χ3n) is 4.18. The van der Waals surface area contributed by atoms with E-state index in [1.807, 2.05) is 6.92 Å². The van der Waals surface area contributed by atoms with Crippen LogP contribution in [-0.4, -0.2) is 29.7 Å². The lowest BCUT2D eigenvalue weighted by Crippen LogP contribution is -2.29. The van der Waals surface area contributed by atoms with Crippen molar-refractivity contribution in [3.63, 3.8) is 0 Å². The maximum atomic E-state index is 15.3. The molecule has 1 aromatic heterocycles. The van der Waals surface area contributed by atoms with Gasteiger partial charge in [-0.05, 0) is 41.8 Å². The van der Waals surface area contributed by atoms with Crippen molar-refractivity contribution in [1.82, 2.24) is 15.3 Å². The van der Waals surface area contributed by atoms with E-state index in [-0.39, 0.29) is 18.4 Å². The first-order chi connectivity index (χ1) is 14.0. The lowest BCUT2D eigenvalue weighted by atomic mass is 9.98. The van der Waals surface area contributed by atoms with Crippen molar-refractivity contribution in [2.45, 2.75) is 13.3 Å². The van der Waals surface area contributed by atoms with Gasteiger partial charge in [0.2, 0.25) is 5.95 Å². The van der Waals surface area contributed by atoms with Crippen molar-refractivity contribution in [1.29, 1.82) is 0 Å². The van der Waals surface area contributed by atoms with E-state index in [1.54, 1.807) is 48.8 Å². The van der Waals surface area contributed by atoms with Gasteiger partial charge in [0.15, 0.2) is 0 Å². The lowest BCUT2D eigenvalue weighted by molar-refractivity contribution is 0.252. The van der Waals surface area contributed by atoms with Gasteiger partial charge in [0.05, 0.1) is 12.7 Å². The van der Waals surface area contributed by atoms with Gasteiger partial charge in [-0.1, -0.05) is 29.8 Å². The number of ether oxygens (including phenoxy) is 1. The summed E-state index contributed by atoms with van der Waals surface area (Å²) in [5, 5.41) is 5.62. The Bertz CT molecular complexity index is 1010. The predicted octanol–water partition coefficient (Wildman–Crippen LogP) is 4.68. The summed E-state index contributed by atoms with van der Waals surface area (Å²) in [7, 11) is 1.50. The molecular formula is C21H20ClFN4O2. The molecule has 2 N–H and O–H groups in total. The smallest absolute Gasteiger partial charge is 0.321 e. The molecule has 2 amide bonds. The Morgan fingerprint density at radius 1 is 1.21 bits per heavy atom. The van der Waals surface area contributed by atoms with Gasteiger partial charge >= 0.3 is 6.03 Å². The van der Waals surface area contributed by atoms with Gasteiger partial charge in [0.1, 0.15) is 11.6 Å². The zero-order valence-electron chi connectivity index (χ0n) is 16.0. The number of nitrogens with zero attached hydrogens (tertiary/aromatic N) is 2. The number of nitrogens with one attached hydrogen (secondary N) is 2. The Kier molecular flexibility index (Phi) is 6.61. The van der Waals surface area contributed by atoms with Crippen molar-refractivity contribution < 1.29 is 13.9 Å². The number of carbonyl (C=O) groups excluding carboxylic acids is 1. The van der Waals surface area contributed by atoms with E-state index in [4.69, 9.17) is 16.3 Å². The molecule has 0 fully saturated rings. The molecule has 0 saturated carbocycles. The first-order valence-corrected chi connectivity index (χ1v) is 9.36. The molecule has 29 heavy (non-hydrogen) atoms. The molecule has 1 heterocycles. The number of hydrogen-bond donors (Lipinski definition) is 2. The van der Waals surface area contributed by atoms with E-state index in [0.717, 1.165) is 0 Å². The molecule has 0 aliphatic heterocycles. The van der Waals surface area contributed by atoms with Gasteiger partial charge in [0.25, 0.3) is 0 Å². The number of carbonyl (C=O) groups is 1. The van der Waals surface area contributed by atoms with Gasteiger partial charge in [-0.2, -0.15) is 0 Å². The zero-order valence-corrected chi connectivity index (χ0v) is 16.8. The topological polar surface area (TPSA) is 76.1 Å². The Hall–Kier alpha value is -3.19. The Morgan fingerprint density at radius 2 is 1.97 bits per heavy atom. The molecule has 3 aromatic rings. The largest absolute Gasteiger partial charge is 0.496 e. The summed E-state index contributed by atoms with van der Waals surface area (Å²) in [6.07, 6.45) is 3.39. The number of anilines is 1. The minimum atomic E-state index is -0.392. The number of amides is 2. The molecular weight excluding hydrogens is 395 g/mol. The van der Waals surface area contributed by atoms with Crippen molar-refractivity contribution in [2.24, 2.45) is 0 Å². The molecule has 150 valence electrons. The lowest BCUT2D eigenvalue weighted by Gasteiger charge is -2.14. The van der Waals surface area contributed by atoms with Crippen LogP contribution in [0.4, 0.5) is 15.1 Å². The highest BCUT2D eigenvalue weighted by molar-refractivity contribution is 6.30. The zero-order chi connectivity index (χ0) is 20.8. The molecule has 0 bridgehead atoms. The van der Waals surface area contributed by atoms with Crippen LogP contribution in [0.25, 0.3) is 11.1 Å². The summed E-state index contributed by atoms with van der Waals surface area (Å²) in [6.45, 7) is 2.31. The van der Waals surface area contributed by atoms with Crippen LogP contribution in [0.1, 0.15) is 18.1 Å². The maximum Gasteiger partial charge on any atom is 0.321 e. The predicted molar refractivity (Wildman–Crippen MR) is 111 cm³/mol. The fourth-order valence-corrected chi connectivity index (χ4v) is 3.05. The second-order valence-corrected chi connectivity index (χ2v) is 6.64. The average Bonchev–Trinajstić information content (AvgIpc) is 2.71. The number of urea groups is 1. The molecule has 0 saturated heterocycles. The van der Waals surface area contributed by atoms with E-state index in [0.29, 0.717) is 39.6 Å². The summed E-state index contributed by atoms with van der Waals surface area (Å²) in [4.78, 5) is 19.7. The summed E-state index contributed by atoms with van der Waals surface area (Å²) < 4.78 is 20.7. The van der Waals surface area contributed by atoms with Gasteiger partial charge < -0.3 is 10.1 Å². The van der Waals surface area contributed by atoms with Crippen molar-refractivity contribution in [2.75, 3.05) is 19.0 Å². The Morgan fingerprint density at radius 3 is 2.62 bits per heavy atom. The third-order valence-corrected chi connectivity index (χ3v) is 4.41. The van der Waals surface area contributed by atoms with Crippen LogP contribution >= 0.6 is 11.6 Å². The van der Waals surface area contributed by atoms with Crippen LogP contribution in [0.15, 0.2) is 48.8 Å². The van der Waals surface area contributed by atoms with Crippen molar-refractivity contribution in [3.05, 3.63) is 70.8 Å². The van der Waals surface area contributed by atoms with Crippen LogP contribution in [0.2, 0.25) is 5.02 Å². The Labute approximate surface area is 173 Å². The fraction of sp³-hybridized carbons (Fsp3) is 0.190. The maximum absolute atomic E-state index is 15.3. The summed E-state index contributed by atoms with van der Waals surface area (Å²) in [6, 6.07) is 9.97. The van der Waals surface area contributed by atoms with Gasteiger partial charge in [-0.3, -0.25) is 5.32 Å². The average molecular weight is 415 g/mol. The normalized spacial score (nSPS) is 10.5. The van der Waals surface area contributed by atoms with Gasteiger partial charge in [-0.15, -0.1) is 0 Å². The number of aromatic nitrogens is 2. The van der Waals surface area contributed by atoms with E-state index in [9.17, 15) is 4.79 Å². The molecule has 0 aliphatic carbocycles. The summed E-state index contributed by atoms with van der Waals surface area (Å²) in [5.74, 6) is 0.205. The molecule has 0 radical (unpaired) electrons. The molecule has 2 aromatic carbocycles. The number of benzene rings is 2. The molecule has 6 nitrogen and oxygen atoms in total. The molecule has 0 aliphatic rings. The van der Waals surface area contributed by atoms with E-state index in [1.165, 1.54) is 7.11 Å². The highest BCUT2D eigenvalue weighted by atomic mass is 35.5. The van der Waals surface area contributed by atoms with Crippen LogP contribution in [0, 0.1) is 5.82 Å². The SMILES string of the molecule is CCNC(=O)Nc1ncc(Cc2ccc(OC)c(-c3cccc(Cl)c3)c2F)cn1. The molecule has 0 spiro atoms. The quantitative estimate of drug-likeness (QED) is 0.614. The van der Waals surface area contributed by atoms with Crippen molar-refractivity contribution >= 4 is 23.6 Å². The first-order valence-electron chi connectivity index (χ1n) is 8.99. The standard InChI is InChI=1S/C21H20ClFN4O2/c1-3-24-21(28)27-20-25-11-13(12-26-20)9-15-7-8-17(29-2)18(19(15)23)14-5-4-6-16(22)10-14/h4-8,10-12H,3,9H2,1-2H3,(H2,24,25,26,27,28). The minimum Gasteiger partial charge on any atom is -0.496 e. The molecule has 0 unspecified atom stereocenters. The number of hydrogen-bond acceptors (Lipinski definition) is 4. The highest BCUT2D eigenvalue weighted by Crippen LogP contribution is 2.36. The van der Waals surface area contributed by atoms with Crippen LogP contribution in [-0.2, 0) is 6.42 Å². The fourth-order valence-electron chi connectivity index (χ4n) is 2.86. The monoisotopic (exact) mass is 414 g/mol. The van der Waals surface area contributed by atoms with Gasteiger partial charge in [-0.25, -0.2) is 19.2 Å². The van der Waals surface area contributed by atoms with Crippen LogP contribution in [0.3, 0.4) is 0 Å². The number of methoxy groups -OCH3 is 1. The number of rotatable bonds is 6. The first kappa shape index (κ1) is 20.5. The summed E-state index contributed by atoms with van der Waals surface area (Å²) >= 11 is 6.07. The van der Waals surface area contributed by atoms with Gasteiger partial charge in [0, 0.05) is 30.4 Å². The molecule has 8 heteroatoms. The van der Waals surface area contributed by atoms with E-state index < -0.39 is 5.82 Å². The second kappa shape index (κ2) is 9.34. The van der Waals surface area contributed by atoms with Crippen LogP contribution < -0.4 is 15.4 Å². The molecule has 0 atom stereocenters. The van der Waals surface area contributed by atoms with E-state index >= 15 is 4.39 Å².